The molecule has 0 saturated heterocycles. The Hall–Kier alpha value is -2.78. The van der Waals surface area contributed by atoms with E-state index in [1.807, 2.05) is 43.5 Å². The van der Waals surface area contributed by atoms with E-state index in [9.17, 15) is 4.79 Å². The molecule has 0 aliphatic rings. The minimum absolute atomic E-state index is 0.0898. The number of carbonyl (C=O) groups excluding carboxylic acids is 1. The lowest BCUT2D eigenvalue weighted by molar-refractivity contribution is -0.118. The average Bonchev–Trinajstić information content (AvgIpc) is 3.19. The highest BCUT2D eigenvalue weighted by molar-refractivity contribution is 7.71. The minimum Gasteiger partial charge on any atom is -0.483 e. The summed E-state index contributed by atoms with van der Waals surface area (Å²) < 4.78 is 7.99. The number of aryl methyl sites for hydroxylation is 2. The topological polar surface area (TPSA) is 84.8 Å². The van der Waals surface area contributed by atoms with Gasteiger partial charge in [0.2, 0.25) is 0 Å². The van der Waals surface area contributed by atoms with Crippen LogP contribution in [0.1, 0.15) is 16.8 Å². The van der Waals surface area contributed by atoms with Crippen molar-refractivity contribution in [1.82, 2.24) is 19.7 Å². The Morgan fingerprint density at radius 1 is 1.43 bits per heavy atom. The average molecular weight is 416 g/mol. The minimum atomic E-state index is -0.272. The van der Waals surface area contributed by atoms with Gasteiger partial charge in [-0.3, -0.25) is 19.8 Å². The van der Waals surface area contributed by atoms with E-state index in [0.29, 0.717) is 28.0 Å². The molecule has 0 aliphatic heterocycles. The summed E-state index contributed by atoms with van der Waals surface area (Å²) in [6, 6.07) is 5.76. The van der Waals surface area contributed by atoms with Crippen molar-refractivity contribution in [3.63, 3.8) is 0 Å². The molecule has 1 amide bonds. The molecule has 2 aromatic heterocycles. The van der Waals surface area contributed by atoms with E-state index in [-0.39, 0.29) is 12.5 Å². The molecule has 0 aliphatic carbocycles. The van der Waals surface area contributed by atoms with Gasteiger partial charge in [-0.25, -0.2) is 4.98 Å². The molecule has 0 saturated carbocycles. The second-order valence-electron chi connectivity index (χ2n) is 6.22. The van der Waals surface area contributed by atoms with E-state index in [1.165, 1.54) is 11.3 Å². The van der Waals surface area contributed by atoms with Crippen LogP contribution in [0.15, 0.2) is 30.9 Å². The monoisotopic (exact) mass is 415 g/mol. The van der Waals surface area contributed by atoms with Crippen LogP contribution in [-0.4, -0.2) is 32.3 Å². The number of hydrogen-bond donors (Lipinski definition) is 2. The summed E-state index contributed by atoms with van der Waals surface area (Å²) in [5.41, 5.74) is 2.90. The lowest BCUT2D eigenvalue weighted by Crippen LogP contribution is -2.20. The van der Waals surface area contributed by atoms with Crippen LogP contribution in [0.3, 0.4) is 0 Å². The Bertz CT molecular complexity index is 1080. The van der Waals surface area contributed by atoms with Crippen LogP contribution in [0.4, 0.5) is 5.13 Å². The summed E-state index contributed by atoms with van der Waals surface area (Å²) in [6.07, 6.45) is 1.75. The number of amides is 1. The van der Waals surface area contributed by atoms with Crippen LogP contribution in [0.5, 0.6) is 5.75 Å². The predicted octanol–water partition coefficient (Wildman–Crippen LogP) is 4.19. The summed E-state index contributed by atoms with van der Waals surface area (Å²) in [5.74, 6) is 1.10. The second kappa shape index (κ2) is 8.49. The number of nitrogens with zero attached hydrogens (tertiary/aromatic N) is 3. The molecular formula is C19H21N5O2S2. The molecule has 2 N–H and O–H groups in total. The fourth-order valence-corrected chi connectivity index (χ4v) is 3.81. The molecule has 146 valence electrons. The Morgan fingerprint density at radius 3 is 2.96 bits per heavy atom. The van der Waals surface area contributed by atoms with Crippen LogP contribution < -0.4 is 10.1 Å². The van der Waals surface area contributed by atoms with Gasteiger partial charge < -0.3 is 4.74 Å². The molecule has 0 bridgehead atoms. The van der Waals surface area contributed by atoms with E-state index < -0.39 is 0 Å². The van der Waals surface area contributed by atoms with Gasteiger partial charge in [-0.15, -0.1) is 6.58 Å². The molecule has 9 heteroatoms. The highest BCUT2D eigenvalue weighted by Gasteiger charge is 2.17. The fraction of sp³-hybridized carbons (Fsp3) is 0.263. The third-order valence-electron chi connectivity index (χ3n) is 4.23. The summed E-state index contributed by atoms with van der Waals surface area (Å²) in [6.45, 7) is 10.0. The first-order chi connectivity index (χ1) is 13.4. The molecule has 0 atom stereocenters. The van der Waals surface area contributed by atoms with Crippen molar-refractivity contribution in [3.8, 4) is 16.5 Å². The van der Waals surface area contributed by atoms with Gasteiger partial charge >= 0.3 is 0 Å². The largest absolute Gasteiger partial charge is 0.483 e. The van der Waals surface area contributed by atoms with Crippen molar-refractivity contribution in [2.45, 2.75) is 27.3 Å². The van der Waals surface area contributed by atoms with Crippen LogP contribution in [0.2, 0.25) is 0 Å². The number of rotatable bonds is 7. The highest BCUT2D eigenvalue weighted by atomic mass is 32.1. The second-order valence-corrected chi connectivity index (χ2v) is 7.61. The third-order valence-corrected chi connectivity index (χ3v) is 5.61. The van der Waals surface area contributed by atoms with E-state index in [2.05, 4.69) is 27.1 Å². The lowest BCUT2D eigenvalue weighted by atomic mass is 10.1. The number of allylic oxidation sites excluding steroid dienone is 1. The molecule has 2 heterocycles. The maximum absolute atomic E-state index is 12.3. The van der Waals surface area contributed by atoms with Crippen LogP contribution in [0, 0.1) is 25.5 Å². The van der Waals surface area contributed by atoms with Gasteiger partial charge in [-0.2, -0.15) is 5.10 Å². The molecule has 0 unspecified atom stereocenters. The van der Waals surface area contributed by atoms with Crippen molar-refractivity contribution in [1.29, 1.82) is 0 Å². The van der Waals surface area contributed by atoms with Crippen molar-refractivity contribution in [2.24, 2.45) is 0 Å². The molecule has 0 fully saturated rings. The number of thiazole rings is 1. The Balaban J connectivity index is 1.71. The number of carbonyl (C=O) groups is 1. The van der Waals surface area contributed by atoms with E-state index in [4.69, 9.17) is 17.0 Å². The molecular weight excluding hydrogens is 394 g/mol. The van der Waals surface area contributed by atoms with E-state index in [1.54, 1.807) is 6.08 Å². The Kier molecular flexibility index (Phi) is 6.05. The van der Waals surface area contributed by atoms with Gasteiger partial charge in [-0.1, -0.05) is 29.5 Å². The zero-order valence-corrected chi connectivity index (χ0v) is 17.5. The number of hydrogen-bond acceptors (Lipinski definition) is 6. The lowest BCUT2D eigenvalue weighted by Gasteiger charge is -2.10. The number of aromatic amines is 1. The van der Waals surface area contributed by atoms with E-state index in [0.717, 1.165) is 21.7 Å². The molecule has 28 heavy (non-hydrogen) atoms. The van der Waals surface area contributed by atoms with Crippen LogP contribution in [0.25, 0.3) is 10.7 Å². The van der Waals surface area contributed by atoms with Gasteiger partial charge in [0.15, 0.2) is 22.3 Å². The van der Waals surface area contributed by atoms with Crippen molar-refractivity contribution in [2.75, 3.05) is 11.9 Å². The summed E-state index contributed by atoms with van der Waals surface area (Å²) >= 11 is 6.59. The molecule has 3 aromatic rings. The van der Waals surface area contributed by atoms with Crippen molar-refractivity contribution in [3.05, 3.63) is 52.4 Å². The first-order valence-electron chi connectivity index (χ1n) is 8.63. The number of nitrogens with one attached hydrogen (secondary N) is 2. The van der Waals surface area contributed by atoms with Crippen LogP contribution >= 0.6 is 23.6 Å². The number of anilines is 1. The standard InChI is InChI=1S/C19H21N5O2S2/c1-5-9-24-17(22-23-19(24)27)16-13(4)20-18(28-16)21-15(25)10-26-14-8-6-7-11(2)12(14)3/h5-8H,1,9-10H2,2-4H3,(H,23,27)(H,20,21,25). The maximum Gasteiger partial charge on any atom is 0.264 e. The Morgan fingerprint density at radius 2 is 2.21 bits per heavy atom. The van der Waals surface area contributed by atoms with Crippen molar-refractivity contribution >= 4 is 34.6 Å². The van der Waals surface area contributed by atoms with Gasteiger partial charge in [-0.05, 0) is 50.2 Å². The van der Waals surface area contributed by atoms with Gasteiger partial charge in [0, 0.05) is 6.54 Å². The number of benzene rings is 1. The Labute approximate surface area is 172 Å². The zero-order chi connectivity index (χ0) is 20.3. The highest BCUT2D eigenvalue weighted by Crippen LogP contribution is 2.31. The van der Waals surface area contributed by atoms with Gasteiger partial charge in [0.05, 0.1) is 10.6 Å². The summed E-state index contributed by atoms with van der Waals surface area (Å²) in [5, 5.41) is 10.3. The fourth-order valence-electron chi connectivity index (χ4n) is 2.63. The summed E-state index contributed by atoms with van der Waals surface area (Å²) in [4.78, 5) is 17.5. The van der Waals surface area contributed by atoms with Gasteiger partial charge in [0.25, 0.3) is 5.91 Å². The predicted molar refractivity (Wildman–Crippen MR) is 113 cm³/mol. The number of ether oxygens (including phenoxy) is 1. The third kappa shape index (κ3) is 4.20. The van der Waals surface area contributed by atoms with E-state index >= 15 is 0 Å². The quantitative estimate of drug-likeness (QED) is 0.446. The SMILES string of the molecule is C=CCn1c(-c2sc(NC(=O)COc3cccc(C)c3C)nc2C)n[nH]c1=S. The molecule has 7 nitrogen and oxygen atoms in total. The summed E-state index contributed by atoms with van der Waals surface area (Å²) in [7, 11) is 0. The first kappa shape index (κ1) is 20.0. The number of H-pyrrole nitrogens is 1. The smallest absolute Gasteiger partial charge is 0.264 e. The molecule has 0 spiro atoms. The normalized spacial score (nSPS) is 10.7. The van der Waals surface area contributed by atoms with Crippen molar-refractivity contribution < 1.29 is 9.53 Å². The zero-order valence-electron chi connectivity index (χ0n) is 15.9. The van der Waals surface area contributed by atoms with Gasteiger partial charge in [0.1, 0.15) is 5.75 Å². The van der Waals surface area contributed by atoms with Crippen LogP contribution in [-0.2, 0) is 11.3 Å². The maximum atomic E-state index is 12.3. The molecule has 0 radical (unpaired) electrons. The molecule has 1 aromatic carbocycles. The first-order valence-corrected chi connectivity index (χ1v) is 9.86. The number of aromatic nitrogens is 4. The molecule has 3 rings (SSSR count).